The average molecular weight is 268 g/mol. The number of rotatable bonds is 3. The van der Waals surface area contributed by atoms with Gasteiger partial charge in [-0.1, -0.05) is 0 Å². The van der Waals surface area contributed by atoms with Gasteiger partial charge in [-0.25, -0.2) is 4.39 Å². The number of halogens is 1. The number of nitro groups is 1. The third-order valence-corrected chi connectivity index (χ3v) is 3.24. The molecule has 1 unspecified atom stereocenters. The summed E-state index contributed by atoms with van der Waals surface area (Å²) in [5, 5.41) is 19.8. The first kappa shape index (κ1) is 13.4. The lowest BCUT2D eigenvalue weighted by atomic mass is 10.1. The van der Waals surface area contributed by atoms with Crippen LogP contribution in [0, 0.1) is 15.9 Å². The van der Waals surface area contributed by atoms with Gasteiger partial charge in [-0.05, 0) is 18.9 Å². The van der Waals surface area contributed by atoms with E-state index < -0.39 is 16.6 Å². The van der Waals surface area contributed by atoms with Gasteiger partial charge in [-0.2, -0.15) is 0 Å². The van der Waals surface area contributed by atoms with E-state index in [1.807, 2.05) is 0 Å². The van der Waals surface area contributed by atoms with Crippen LogP contribution in [-0.4, -0.2) is 40.0 Å². The number of benzene rings is 1. The molecule has 1 heterocycles. The van der Waals surface area contributed by atoms with E-state index in [-0.39, 0.29) is 23.9 Å². The number of hydrogen-bond acceptors (Lipinski definition) is 4. The van der Waals surface area contributed by atoms with Crippen molar-refractivity contribution in [2.45, 2.75) is 18.9 Å². The van der Waals surface area contributed by atoms with Crippen molar-refractivity contribution in [3.8, 4) is 0 Å². The lowest BCUT2D eigenvalue weighted by molar-refractivity contribution is -0.384. The second-order valence-corrected chi connectivity index (χ2v) is 4.40. The zero-order chi connectivity index (χ0) is 14.0. The molecular formula is C12H13FN2O4. The molecule has 1 fully saturated rings. The van der Waals surface area contributed by atoms with E-state index in [0.29, 0.717) is 13.0 Å². The minimum Gasteiger partial charge on any atom is -0.394 e. The molecule has 19 heavy (non-hydrogen) atoms. The van der Waals surface area contributed by atoms with Crippen molar-refractivity contribution in [1.29, 1.82) is 0 Å². The standard InChI is InChI=1S/C12H13FN2O4/c13-11-4-3-8(15(18)19)6-10(11)12(17)14-5-1-2-9(14)7-16/h3-4,6,9,16H,1-2,5,7H2. The SMILES string of the molecule is O=C(c1cc([N+](=O)[O-])ccc1F)N1CCCC1CO. The molecule has 1 aliphatic heterocycles. The number of hydrogen-bond donors (Lipinski definition) is 1. The number of non-ortho nitro benzene ring substituents is 1. The molecular weight excluding hydrogens is 255 g/mol. The third kappa shape index (κ3) is 2.55. The van der Waals surface area contributed by atoms with Gasteiger partial charge in [0.2, 0.25) is 0 Å². The van der Waals surface area contributed by atoms with Gasteiger partial charge in [0.15, 0.2) is 0 Å². The van der Waals surface area contributed by atoms with Crippen molar-refractivity contribution >= 4 is 11.6 Å². The highest BCUT2D eigenvalue weighted by Gasteiger charge is 2.31. The van der Waals surface area contributed by atoms with Gasteiger partial charge in [-0.15, -0.1) is 0 Å². The van der Waals surface area contributed by atoms with Gasteiger partial charge in [0.25, 0.3) is 11.6 Å². The monoisotopic (exact) mass is 268 g/mol. The van der Waals surface area contributed by atoms with Crippen LogP contribution in [-0.2, 0) is 0 Å². The molecule has 0 radical (unpaired) electrons. The summed E-state index contributed by atoms with van der Waals surface area (Å²) in [5.74, 6) is -1.41. The third-order valence-electron chi connectivity index (χ3n) is 3.24. The summed E-state index contributed by atoms with van der Waals surface area (Å²) < 4.78 is 13.6. The Morgan fingerprint density at radius 1 is 1.58 bits per heavy atom. The van der Waals surface area contributed by atoms with Gasteiger partial charge < -0.3 is 10.0 Å². The number of aliphatic hydroxyl groups is 1. The fraction of sp³-hybridized carbons (Fsp3) is 0.417. The Bertz CT molecular complexity index is 520. The molecule has 2 rings (SSSR count). The summed E-state index contributed by atoms with van der Waals surface area (Å²) in [6.45, 7) is 0.231. The fourth-order valence-electron chi connectivity index (χ4n) is 2.24. The lowest BCUT2D eigenvalue weighted by Crippen LogP contribution is -2.38. The van der Waals surface area contributed by atoms with Gasteiger partial charge in [-0.3, -0.25) is 14.9 Å². The first-order valence-corrected chi connectivity index (χ1v) is 5.90. The van der Waals surface area contributed by atoms with E-state index in [9.17, 15) is 19.3 Å². The number of nitrogens with zero attached hydrogens (tertiary/aromatic N) is 2. The van der Waals surface area contributed by atoms with Crippen molar-refractivity contribution in [3.63, 3.8) is 0 Å². The Kier molecular flexibility index (Phi) is 3.75. The van der Waals surface area contributed by atoms with Crippen molar-refractivity contribution in [2.24, 2.45) is 0 Å². The first-order valence-electron chi connectivity index (χ1n) is 5.90. The van der Waals surface area contributed by atoms with E-state index in [0.717, 1.165) is 24.6 Å². The largest absolute Gasteiger partial charge is 0.394 e. The molecule has 1 aromatic rings. The Labute approximate surface area is 108 Å². The summed E-state index contributed by atoms with van der Waals surface area (Å²) in [4.78, 5) is 23.5. The molecule has 1 atom stereocenters. The van der Waals surface area contributed by atoms with Crippen LogP contribution in [0.1, 0.15) is 23.2 Å². The highest BCUT2D eigenvalue weighted by Crippen LogP contribution is 2.23. The minimum absolute atomic E-state index is 0.192. The second kappa shape index (κ2) is 5.31. The predicted octanol–water partition coefficient (Wildman–Crippen LogP) is 1.33. The molecule has 1 aliphatic rings. The lowest BCUT2D eigenvalue weighted by Gasteiger charge is -2.23. The van der Waals surface area contributed by atoms with Crippen LogP contribution in [0.5, 0.6) is 0 Å². The molecule has 7 heteroatoms. The molecule has 1 N–H and O–H groups in total. The minimum atomic E-state index is -0.792. The molecule has 6 nitrogen and oxygen atoms in total. The topological polar surface area (TPSA) is 83.7 Å². The Morgan fingerprint density at radius 2 is 2.32 bits per heavy atom. The van der Waals surface area contributed by atoms with Gasteiger partial charge in [0, 0.05) is 18.7 Å². The van der Waals surface area contributed by atoms with Gasteiger partial charge >= 0.3 is 0 Å². The van der Waals surface area contributed by atoms with E-state index >= 15 is 0 Å². The molecule has 0 saturated carbocycles. The zero-order valence-corrected chi connectivity index (χ0v) is 10.1. The summed E-state index contributed by atoms with van der Waals surface area (Å²) >= 11 is 0. The number of carbonyl (C=O) groups excluding carboxylic acids is 1. The summed E-state index contributed by atoms with van der Waals surface area (Å²) in [5.41, 5.74) is -0.654. The molecule has 0 spiro atoms. The normalized spacial score (nSPS) is 18.6. The first-order chi connectivity index (χ1) is 9.04. The highest BCUT2D eigenvalue weighted by molar-refractivity contribution is 5.95. The van der Waals surface area contributed by atoms with E-state index in [2.05, 4.69) is 0 Å². The van der Waals surface area contributed by atoms with Crippen LogP contribution in [0.2, 0.25) is 0 Å². The maximum atomic E-state index is 13.6. The molecule has 0 aromatic heterocycles. The molecule has 0 aliphatic carbocycles. The molecule has 1 amide bonds. The van der Waals surface area contributed by atoms with E-state index in [1.54, 1.807) is 0 Å². The van der Waals surface area contributed by atoms with Crippen molar-refractivity contribution < 1.29 is 19.2 Å². The maximum absolute atomic E-state index is 13.6. The molecule has 102 valence electrons. The van der Waals surface area contributed by atoms with Crippen LogP contribution in [0.25, 0.3) is 0 Å². The summed E-state index contributed by atoms with van der Waals surface area (Å²) in [7, 11) is 0. The summed E-state index contributed by atoms with van der Waals surface area (Å²) in [6.07, 6.45) is 1.38. The average Bonchev–Trinajstić information content (AvgIpc) is 2.86. The zero-order valence-electron chi connectivity index (χ0n) is 10.1. The second-order valence-electron chi connectivity index (χ2n) is 4.40. The molecule has 0 bridgehead atoms. The molecule has 1 aromatic carbocycles. The number of likely N-dealkylation sites (tertiary alicyclic amines) is 1. The van der Waals surface area contributed by atoms with Crippen LogP contribution in [0.15, 0.2) is 18.2 Å². The Balaban J connectivity index is 2.32. The Morgan fingerprint density at radius 3 is 2.95 bits per heavy atom. The van der Waals surface area contributed by atoms with Crippen LogP contribution < -0.4 is 0 Å². The Hall–Kier alpha value is -2.02. The van der Waals surface area contributed by atoms with E-state index in [4.69, 9.17) is 5.11 Å². The predicted molar refractivity (Wildman–Crippen MR) is 64.2 cm³/mol. The quantitative estimate of drug-likeness (QED) is 0.662. The number of carbonyl (C=O) groups is 1. The maximum Gasteiger partial charge on any atom is 0.270 e. The number of nitro benzene ring substituents is 1. The summed E-state index contributed by atoms with van der Waals surface area (Å²) in [6, 6.07) is 2.52. The number of amides is 1. The van der Waals surface area contributed by atoms with E-state index in [1.165, 1.54) is 4.90 Å². The smallest absolute Gasteiger partial charge is 0.270 e. The fourth-order valence-corrected chi connectivity index (χ4v) is 2.24. The van der Waals surface area contributed by atoms with Crippen molar-refractivity contribution in [3.05, 3.63) is 39.7 Å². The van der Waals surface area contributed by atoms with Crippen molar-refractivity contribution in [2.75, 3.05) is 13.2 Å². The highest BCUT2D eigenvalue weighted by atomic mass is 19.1. The van der Waals surface area contributed by atoms with Crippen LogP contribution in [0.3, 0.4) is 0 Å². The van der Waals surface area contributed by atoms with Crippen LogP contribution >= 0.6 is 0 Å². The van der Waals surface area contributed by atoms with Gasteiger partial charge in [0.05, 0.1) is 23.1 Å². The van der Waals surface area contributed by atoms with Crippen LogP contribution in [0.4, 0.5) is 10.1 Å². The van der Waals surface area contributed by atoms with Gasteiger partial charge in [0.1, 0.15) is 5.82 Å². The van der Waals surface area contributed by atoms with Crippen molar-refractivity contribution in [1.82, 2.24) is 4.90 Å². The number of aliphatic hydroxyl groups excluding tert-OH is 1. The molecule has 1 saturated heterocycles.